The number of hydrogen-bond donors (Lipinski definition) is 0. The molecule has 2 aromatic rings. The number of aromatic nitrogens is 2. The van der Waals surface area contributed by atoms with E-state index in [0.717, 1.165) is 11.3 Å². The number of thiophene rings is 1. The number of anilines is 1. The Hall–Kier alpha value is -1.27. The lowest BCUT2D eigenvalue weighted by Gasteiger charge is -2.39. The molecule has 0 aliphatic carbocycles. The molecule has 0 spiro atoms. The van der Waals surface area contributed by atoms with Gasteiger partial charge in [-0.1, -0.05) is 11.6 Å². The Kier molecular flexibility index (Phi) is 5.38. The van der Waals surface area contributed by atoms with Crippen molar-refractivity contribution in [3.63, 3.8) is 0 Å². The Morgan fingerprint density at radius 1 is 1.07 bits per heavy atom. The molecule has 2 saturated heterocycles. The number of rotatable bonds is 4. The van der Waals surface area contributed by atoms with Gasteiger partial charge >= 0.3 is 0 Å². The number of nitrogens with zero attached hydrogens (tertiary/aromatic N) is 4. The van der Waals surface area contributed by atoms with Crippen LogP contribution >= 0.6 is 22.9 Å². The van der Waals surface area contributed by atoms with E-state index in [1.807, 2.05) is 9.80 Å². The summed E-state index contributed by atoms with van der Waals surface area (Å²) < 4.78 is 51.3. The summed E-state index contributed by atoms with van der Waals surface area (Å²) in [6, 6.07) is 4.16. The van der Waals surface area contributed by atoms with Crippen LogP contribution < -0.4 is 4.90 Å². The SMILES string of the molecule is O=S1(=O)C[C@H](N2CCN(c3ncccn3)CC2)[C@@H](S(=O)(=O)c2ccc(Cl)s2)C1. The minimum absolute atomic E-state index is 0.126. The first-order chi connectivity index (χ1) is 13.3. The molecule has 4 rings (SSSR count). The molecule has 0 saturated carbocycles. The Morgan fingerprint density at radius 2 is 1.75 bits per heavy atom. The molecule has 2 aromatic heterocycles. The van der Waals surface area contributed by atoms with Crippen molar-refractivity contribution in [2.24, 2.45) is 0 Å². The first kappa shape index (κ1) is 20.0. The Balaban J connectivity index is 1.54. The summed E-state index contributed by atoms with van der Waals surface area (Å²) in [6.07, 6.45) is 3.35. The predicted molar refractivity (Wildman–Crippen MR) is 109 cm³/mol. The van der Waals surface area contributed by atoms with Gasteiger partial charge in [0, 0.05) is 44.6 Å². The zero-order valence-corrected chi connectivity index (χ0v) is 18.0. The lowest BCUT2D eigenvalue weighted by Crippen LogP contribution is -2.55. The van der Waals surface area contributed by atoms with Crippen LogP contribution in [0.1, 0.15) is 0 Å². The maximum atomic E-state index is 13.1. The van der Waals surface area contributed by atoms with Gasteiger partial charge in [-0.3, -0.25) is 4.90 Å². The van der Waals surface area contributed by atoms with Gasteiger partial charge in [-0.25, -0.2) is 26.8 Å². The van der Waals surface area contributed by atoms with Crippen molar-refractivity contribution in [2.75, 3.05) is 42.6 Å². The number of hydrogen-bond acceptors (Lipinski definition) is 9. The molecule has 8 nitrogen and oxygen atoms in total. The molecule has 2 fully saturated rings. The molecule has 4 heterocycles. The van der Waals surface area contributed by atoms with Crippen molar-refractivity contribution in [1.29, 1.82) is 0 Å². The van der Waals surface area contributed by atoms with Gasteiger partial charge in [0.1, 0.15) is 4.21 Å². The van der Waals surface area contributed by atoms with Crippen LogP contribution in [0.25, 0.3) is 0 Å². The minimum Gasteiger partial charge on any atom is -0.338 e. The fraction of sp³-hybridized carbons (Fsp3) is 0.500. The summed E-state index contributed by atoms with van der Waals surface area (Å²) in [5.74, 6) is 0.133. The highest BCUT2D eigenvalue weighted by Gasteiger charge is 2.49. The molecule has 2 aliphatic heterocycles. The van der Waals surface area contributed by atoms with Crippen molar-refractivity contribution in [3.8, 4) is 0 Å². The largest absolute Gasteiger partial charge is 0.338 e. The number of piperazine rings is 1. The molecular weight excluding hydrogens is 444 g/mol. The molecule has 0 amide bonds. The van der Waals surface area contributed by atoms with E-state index in [2.05, 4.69) is 9.97 Å². The zero-order valence-electron chi connectivity index (χ0n) is 14.8. The summed E-state index contributed by atoms with van der Waals surface area (Å²) >= 11 is 6.86. The van der Waals surface area contributed by atoms with E-state index in [0.29, 0.717) is 36.5 Å². The molecule has 0 radical (unpaired) electrons. The van der Waals surface area contributed by atoms with Crippen LogP contribution in [0.15, 0.2) is 34.8 Å². The fourth-order valence-corrected chi connectivity index (χ4v) is 10.3. The summed E-state index contributed by atoms with van der Waals surface area (Å²) in [4.78, 5) is 12.5. The van der Waals surface area contributed by atoms with Crippen LogP contribution in [0.4, 0.5) is 5.95 Å². The van der Waals surface area contributed by atoms with Gasteiger partial charge in [0.15, 0.2) is 19.7 Å². The van der Waals surface area contributed by atoms with E-state index in [1.54, 1.807) is 18.5 Å². The lowest BCUT2D eigenvalue weighted by molar-refractivity contribution is 0.201. The third-order valence-corrected chi connectivity index (χ3v) is 11.0. The van der Waals surface area contributed by atoms with E-state index < -0.39 is 31.0 Å². The van der Waals surface area contributed by atoms with E-state index in [1.165, 1.54) is 12.1 Å². The van der Waals surface area contributed by atoms with Crippen LogP contribution in [0.3, 0.4) is 0 Å². The van der Waals surface area contributed by atoms with Crippen molar-refractivity contribution in [1.82, 2.24) is 14.9 Å². The van der Waals surface area contributed by atoms with Gasteiger partial charge in [-0.15, -0.1) is 11.3 Å². The molecule has 0 unspecified atom stereocenters. The first-order valence-corrected chi connectivity index (χ1v) is 13.3. The van der Waals surface area contributed by atoms with Crippen molar-refractivity contribution in [2.45, 2.75) is 15.5 Å². The molecule has 28 heavy (non-hydrogen) atoms. The third-order valence-electron chi connectivity index (χ3n) is 5.12. The maximum absolute atomic E-state index is 13.1. The molecule has 2 atom stereocenters. The number of sulfone groups is 2. The van der Waals surface area contributed by atoms with Gasteiger partial charge in [-0.05, 0) is 18.2 Å². The molecular formula is C16H19ClN4O4S3. The van der Waals surface area contributed by atoms with Gasteiger partial charge in [-0.2, -0.15) is 0 Å². The monoisotopic (exact) mass is 462 g/mol. The summed E-state index contributed by atoms with van der Waals surface area (Å²) in [5, 5.41) is -0.980. The summed E-state index contributed by atoms with van der Waals surface area (Å²) in [6.45, 7) is 2.32. The van der Waals surface area contributed by atoms with Gasteiger partial charge in [0.05, 0.1) is 21.1 Å². The van der Waals surface area contributed by atoms with Crippen LogP contribution in [0, 0.1) is 0 Å². The van der Waals surface area contributed by atoms with Gasteiger partial charge in [0.25, 0.3) is 0 Å². The average molecular weight is 463 g/mol. The zero-order chi connectivity index (χ0) is 19.9. The molecule has 0 N–H and O–H groups in total. The van der Waals surface area contributed by atoms with Crippen molar-refractivity contribution in [3.05, 3.63) is 34.9 Å². The summed E-state index contributed by atoms with van der Waals surface area (Å²) in [7, 11) is -7.21. The lowest BCUT2D eigenvalue weighted by atomic mass is 10.2. The normalized spacial score (nSPS) is 25.8. The Bertz CT molecular complexity index is 1050. The second-order valence-electron chi connectivity index (χ2n) is 6.86. The predicted octanol–water partition coefficient (Wildman–Crippen LogP) is 0.953. The maximum Gasteiger partial charge on any atom is 0.225 e. The second-order valence-corrected chi connectivity index (χ2v) is 13.1. The van der Waals surface area contributed by atoms with Gasteiger partial charge < -0.3 is 4.90 Å². The number of halogens is 1. The molecule has 2 aliphatic rings. The van der Waals surface area contributed by atoms with Crippen LogP contribution in [0.5, 0.6) is 0 Å². The smallest absolute Gasteiger partial charge is 0.225 e. The minimum atomic E-state index is -3.78. The molecule has 0 aromatic carbocycles. The van der Waals surface area contributed by atoms with Crippen LogP contribution in [-0.4, -0.2) is 80.7 Å². The Morgan fingerprint density at radius 3 is 2.36 bits per heavy atom. The summed E-state index contributed by atoms with van der Waals surface area (Å²) in [5.41, 5.74) is 0. The van der Waals surface area contributed by atoms with Crippen molar-refractivity contribution < 1.29 is 16.8 Å². The second kappa shape index (κ2) is 7.52. The molecule has 152 valence electrons. The van der Waals surface area contributed by atoms with Crippen LogP contribution in [-0.2, 0) is 19.7 Å². The molecule has 0 bridgehead atoms. The van der Waals surface area contributed by atoms with E-state index in [-0.39, 0.29) is 15.7 Å². The van der Waals surface area contributed by atoms with Crippen LogP contribution in [0.2, 0.25) is 4.34 Å². The quantitative estimate of drug-likeness (QED) is 0.662. The van der Waals surface area contributed by atoms with E-state index >= 15 is 0 Å². The Labute approximate surface area is 173 Å². The van der Waals surface area contributed by atoms with E-state index in [9.17, 15) is 16.8 Å². The standard InChI is InChI=1S/C16H19ClN4O4S3/c17-14-2-3-15(26-14)28(24,25)13-11-27(22,23)10-12(13)20-6-8-21(9-7-20)16-18-4-1-5-19-16/h1-5,12-13H,6-11H2/t12-,13-/m0/s1. The van der Waals surface area contributed by atoms with E-state index in [4.69, 9.17) is 11.6 Å². The highest BCUT2D eigenvalue weighted by molar-refractivity contribution is 7.97. The fourth-order valence-electron chi connectivity index (χ4n) is 3.74. The van der Waals surface area contributed by atoms with Crippen molar-refractivity contribution >= 4 is 48.6 Å². The first-order valence-electron chi connectivity index (χ1n) is 8.72. The average Bonchev–Trinajstić information content (AvgIpc) is 3.26. The third kappa shape index (κ3) is 3.90. The molecule has 12 heteroatoms. The highest BCUT2D eigenvalue weighted by Crippen LogP contribution is 2.34. The highest BCUT2D eigenvalue weighted by atomic mass is 35.5. The van der Waals surface area contributed by atoms with Gasteiger partial charge in [0.2, 0.25) is 5.95 Å². The topological polar surface area (TPSA) is 101 Å².